The van der Waals surface area contributed by atoms with Crippen molar-refractivity contribution in [1.29, 1.82) is 0 Å². The number of hydrogen-bond acceptors (Lipinski definition) is 4. The van der Waals surface area contributed by atoms with E-state index < -0.39 is 0 Å². The maximum absolute atomic E-state index is 12.8. The monoisotopic (exact) mass is 403 g/mol. The number of benzene rings is 2. The summed E-state index contributed by atoms with van der Waals surface area (Å²) in [5.41, 5.74) is 1.64. The Hall–Kier alpha value is -3.80. The number of para-hydroxylation sites is 1. The molecule has 1 heterocycles. The largest absolute Gasteiger partial charge is 0.465 e. The van der Waals surface area contributed by atoms with E-state index in [2.05, 4.69) is 15.5 Å². The fourth-order valence-electron chi connectivity index (χ4n) is 2.85. The Morgan fingerprint density at radius 3 is 2.30 bits per heavy atom. The lowest BCUT2D eigenvalue weighted by atomic mass is 10.2. The van der Waals surface area contributed by atoms with E-state index >= 15 is 0 Å². The van der Waals surface area contributed by atoms with Gasteiger partial charge in [0.2, 0.25) is 0 Å². The third kappa shape index (κ3) is 5.61. The summed E-state index contributed by atoms with van der Waals surface area (Å²) in [6.07, 6.45) is 3.03. The lowest BCUT2D eigenvalue weighted by Crippen LogP contribution is -2.42. The highest BCUT2D eigenvalue weighted by Crippen LogP contribution is 2.14. The summed E-state index contributed by atoms with van der Waals surface area (Å²) in [4.78, 5) is 27.5. The number of likely N-dealkylation sites (N-methyl/N-ethyl adjacent to an activating group) is 1. The maximum atomic E-state index is 12.8. The fourth-order valence-corrected chi connectivity index (χ4v) is 2.85. The number of carbonyl (C=O) groups is 2. The summed E-state index contributed by atoms with van der Waals surface area (Å²) >= 11 is 0. The summed E-state index contributed by atoms with van der Waals surface area (Å²) in [6, 6.07) is 22.2. The Bertz CT molecular complexity index is 983. The molecule has 1 atom stereocenters. The molecule has 1 unspecified atom stereocenters. The summed E-state index contributed by atoms with van der Waals surface area (Å²) in [5.74, 6) is -0.273. The zero-order chi connectivity index (χ0) is 21.3. The highest BCUT2D eigenvalue weighted by Gasteiger charge is 2.17. The molecular weight excluding hydrogens is 378 g/mol. The first kappa shape index (κ1) is 20.9. The molecule has 2 amide bonds. The fraction of sp³-hybridized carbons (Fsp3) is 0.167. The number of amides is 2. The van der Waals surface area contributed by atoms with Crippen LogP contribution in [-0.2, 0) is 4.79 Å². The van der Waals surface area contributed by atoms with Gasteiger partial charge in [-0.2, -0.15) is 0 Å². The number of nitrogens with zero attached hydrogens (tertiary/aromatic N) is 1. The molecule has 0 aliphatic carbocycles. The number of rotatable bonds is 8. The lowest BCUT2D eigenvalue weighted by Gasteiger charge is -2.27. The lowest BCUT2D eigenvalue weighted by molar-refractivity contribution is -0.117. The first-order valence-electron chi connectivity index (χ1n) is 9.72. The maximum Gasteiger partial charge on any atom is 0.268 e. The van der Waals surface area contributed by atoms with E-state index in [0.717, 1.165) is 5.69 Å². The summed E-state index contributed by atoms with van der Waals surface area (Å²) in [5, 5.41) is 5.59. The quantitative estimate of drug-likeness (QED) is 0.563. The van der Waals surface area contributed by atoms with Gasteiger partial charge in [-0.05, 0) is 43.3 Å². The molecule has 0 spiro atoms. The van der Waals surface area contributed by atoms with E-state index in [0.29, 0.717) is 17.9 Å². The van der Waals surface area contributed by atoms with E-state index in [-0.39, 0.29) is 23.6 Å². The van der Waals surface area contributed by atoms with E-state index in [9.17, 15) is 9.59 Å². The Kier molecular flexibility index (Phi) is 7.05. The predicted molar refractivity (Wildman–Crippen MR) is 118 cm³/mol. The van der Waals surface area contributed by atoms with Gasteiger partial charge in [0, 0.05) is 37.0 Å². The van der Waals surface area contributed by atoms with Crippen LogP contribution in [-0.4, -0.2) is 31.4 Å². The molecule has 0 bridgehead atoms. The van der Waals surface area contributed by atoms with E-state index in [1.165, 1.54) is 12.3 Å². The van der Waals surface area contributed by atoms with Crippen molar-refractivity contribution in [2.75, 3.05) is 18.5 Å². The number of hydrogen-bond donors (Lipinski definition) is 2. The number of carbonyl (C=O) groups excluding carboxylic acids is 2. The first-order chi connectivity index (χ1) is 14.5. The molecule has 0 saturated heterocycles. The molecule has 154 valence electrons. The minimum atomic E-state index is -0.385. The summed E-state index contributed by atoms with van der Waals surface area (Å²) in [7, 11) is 1.98. The van der Waals surface area contributed by atoms with Crippen LogP contribution in [0.2, 0.25) is 0 Å². The van der Waals surface area contributed by atoms with Crippen molar-refractivity contribution < 1.29 is 14.0 Å². The molecule has 6 heteroatoms. The minimum Gasteiger partial charge on any atom is -0.465 e. The average molecular weight is 403 g/mol. The van der Waals surface area contributed by atoms with Gasteiger partial charge in [0.15, 0.2) is 0 Å². The van der Waals surface area contributed by atoms with Crippen LogP contribution in [0.1, 0.15) is 23.0 Å². The van der Waals surface area contributed by atoms with E-state index in [1.807, 2.05) is 50.4 Å². The molecule has 2 aromatic carbocycles. The second kappa shape index (κ2) is 10.1. The van der Waals surface area contributed by atoms with Gasteiger partial charge in [0.05, 0.1) is 6.26 Å². The SMILES string of the molecule is CC(CNC(=O)/C(=C/c1ccco1)NC(=O)c1ccccc1)N(C)c1ccccc1. The molecule has 0 aliphatic heterocycles. The standard InChI is InChI=1S/C24H25N3O3/c1-18(27(2)20-12-7-4-8-13-20)17-25-24(29)22(16-21-14-9-15-30-21)26-23(28)19-10-5-3-6-11-19/h3-16,18H,17H2,1-2H3,(H,25,29)(H,26,28)/b22-16-. The Morgan fingerprint density at radius 2 is 1.67 bits per heavy atom. The molecule has 3 aromatic rings. The van der Waals surface area contributed by atoms with Crippen LogP contribution in [0.4, 0.5) is 5.69 Å². The second-order valence-corrected chi connectivity index (χ2v) is 6.90. The van der Waals surface area contributed by atoms with Crippen LogP contribution >= 0.6 is 0 Å². The molecule has 3 rings (SSSR count). The number of nitrogens with one attached hydrogen (secondary N) is 2. The highest BCUT2D eigenvalue weighted by atomic mass is 16.3. The smallest absolute Gasteiger partial charge is 0.268 e. The van der Waals surface area contributed by atoms with Crippen LogP contribution in [0.5, 0.6) is 0 Å². The zero-order valence-electron chi connectivity index (χ0n) is 17.0. The van der Waals surface area contributed by atoms with Crippen molar-refractivity contribution in [3.05, 3.63) is 96.1 Å². The van der Waals surface area contributed by atoms with Gasteiger partial charge in [0.1, 0.15) is 11.5 Å². The second-order valence-electron chi connectivity index (χ2n) is 6.90. The van der Waals surface area contributed by atoms with Crippen LogP contribution in [0, 0.1) is 0 Å². The van der Waals surface area contributed by atoms with Crippen molar-refractivity contribution in [3.8, 4) is 0 Å². The van der Waals surface area contributed by atoms with E-state index in [4.69, 9.17) is 4.42 Å². The van der Waals surface area contributed by atoms with Gasteiger partial charge < -0.3 is 20.0 Å². The molecule has 0 fully saturated rings. The van der Waals surface area contributed by atoms with Gasteiger partial charge in [-0.15, -0.1) is 0 Å². The molecule has 0 radical (unpaired) electrons. The van der Waals surface area contributed by atoms with Crippen LogP contribution < -0.4 is 15.5 Å². The molecule has 0 saturated carbocycles. The molecule has 0 aliphatic rings. The van der Waals surface area contributed by atoms with Gasteiger partial charge >= 0.3 is 0 Å². The molecule has 30 heavy (non-hydrogen) atoms. The Labute approximate surface area is 176 Å². The molecule has 1 aromatic heterocycles. The van der Waals surface area contributed by atoms with Gasteiger partial charge in [-0.25, -0.2) is 0 Å². The van der Waals surface area contributed by atoms with Crippen LogP contribution in [0.25, 0.3) is 6.08 Å². The van der Waals surface area contributed by atoms with Gasteiger partial charge in [0.25, 0.3) is 11.8 Å². The van der Waals surface area contributed by atoms with Crippen molar-refractivity contribution in [2.45, 2.75) is 13.0 Å². The summed E-state index contributed by atoms with van der Waals surface area (Å²) < 4.78 is 5.31. The minimum absolute atomic E-state index is 0.0473. The topological polar surface area (TPSA) is 74.6 Å². The van der Waals surface area contributed by atoms with Gasteiger partial charge in [-0.3, -0.25) is 9.59 Å². The Morgan fingerprint density at radius 1 is 1.00 bits per heavy atom. The van der Waals surface area contributed by atoms with Gasteiger partial charge in [-0.1, -0.05) is 36.4 Å². The average Bonchev–Trinajstić information content (AvgIpc) is 3.30. The third-order valence-electron chi connectivity index (χ3n) is 4.74. The van der Waals surface area contributed by atoms with Crippen molar-refractivity contribution >= 4 is 23.6 Å². The molecule has 6 nitrogen and oxygen atoms in total. The number of anilines is 1. The first-order valence-corrected chi connectivity index (χ1v) is 9.72. The third-order valence-corrected chi connectivity index (χ3v) is 4.74. The molecular formula is C24H25N3O3. The number of furan rings is 1. The van der Waals surface area contributed by atoms with Crippen LogP contribution in [0.3, 0.4) is 0 Å². The van der Waals surface area contributed by atoms with Crippen molar-refractivity contribution in [1.82, 2.24) is 10.6 Å². The normalized spacial score (nSPS) is 12.1. The summed E-state index contributed by atoms with van der Waals surface area (Å²) in [6.45, 7) is 2.42. The van der Waals surface area contributed by atoms with Crippen molar-refractivity contribution in [3.63, 3.8) is 0 Å². The predicted octanol–water partition coefficient (Wildman–Crippen LogP) is 3.69. The van der Waals surface area contributed by atoms with E-state index in [1.54, 1.807) is 36.4 Å². The zero-order valence-corrected chi connectivity index (χ0v) is 17.0. The van der Waals surface area contributed by atoms with Crippen LogP contribution in [0.15, 0.2) is 89.2 Å². The highest BCUT2D eigenvalue weighted by molar-refractivity contribution is 6.05. The van der Waals surface area contributed by atoms with Crippen molar-refractivity contribution in [2.24, 2.45) is 0 Å². The Balaban J connectivity index is 1.68. The molecule has 2 N–H and O–H groups in total.